The van der Waals surface area contributed by atoms with Crippen molar-refractivity contribution in [3.8, 4) is 0 Å². The predicted molar refractivity (Wildman–Crippen MR) is 107 cm³/mol. The molecule has 1 amide bonds. The van der Waals surface area contributed by atoms with Crippen molar-refractivity contribution in [2.75, 3.05) is 26.2 Å². The molecule has 4 heteroatoms. The Kier molecular flexibility index (Phi) is 7.01. The van der Waals surface area contributed by atoms with E-state index in [0.29, 0.717) is 6.42 Å². The summed E-state index contributed by atoms with van der Waals surface area (Å²) in [6, 6.07) is 8.52. The number of aliphatic imine (C=N–C) groups is 1. The van der Waals surface area contributed by atoms with Crippen molar-refractivity contribution in [3.05, 3.63) is 47.2 Å². The number of allylic oxidation sites excluding steroid dienone is 2. The number of benzene rings is 1. The van der Waals surface area contributed by atoms with Gasteiger partial charge in [-0.15, -0.1) is 0 Å². The summed E-state index contributed by atoms with van der Waals surface area (Å²) in [5.41, 5.74) is 3.82. The van der Waals surface area contributed by atoms with Crippen LogP contribution < -0.4 is 5.32 Å². The van der Waals surface area contributed by atoms with E-state index in [2.05, 4.69) is 52.5 Å². The second-order valence-corrected chi connectivity index (χ2v) is 7.57. The Morgan fingerprint density at radius 1 is 1.23 bits per heavy atom. The van der Waals surface area contributed by atoms with Crippen molar-refractivity contribution in [2.24, 2.45) is 10.9 Å². The first-order valence-corrected chi connectivity index (χ1v) is 9.95. The second kappa shape index (κ2) is 9.67. The Labute approximate surface area is 157 Å². The van der Waals surface area contributed by atoms with Gasteiger partial charge in [-0.05, 0) is 57.2 Å². The highest BCUT2D eigenvalue weighted by Crippen LogP contribution is 2.26. The van der Waals surface area contributed by atoms with Gasteiger partial charge in [0.05, 0.1) is 0 Å². The molecule has 1 saturated heterocycles. The van der Waals surface area contributed by atoms with Gasteiger partial charge in [0.1, 0.15) is 0 Å². The first kappa shape index (κ1) is 18.8. The van der Waals surface area contributed by atoms with Crippen LogP contribution in [0, 0.1) is 12.8 Å². The molecule has 0 atom stereocenters. The highest BCUT2D eigenvalue weighted by molar-refractivity contribution is 5.76. The number of piperidine rings is 1. The van der Waals surface area contributed by atoms with E-state index in [1.54, 1.807) is 0 Å². The molecule has 1 N–H and O–H groups in total. The summed E-state index contributed by atoms with van der Waals surface area (Å²) in [7, 11) is 0. The van der Waals surface area contributed by atoms with E-state index in [1.807, 2.05) is 6.21 Å². The standard InChI is InChI=1S/C22H31N3O/c1-18-4-6-19(7-5-18)8-13-24-22(26)11-16-25-14-9-20(10-15-25)17-21-3-2-12-23-21/h3-7,12,20H,2,8-11,13-17H2,1H3,(H,24,26). The van der Waals surface area contributed by atoms with E-state index >= 15 is 0 Å². The van der Waals surface area contributed by atoms with Crippen molar-refractivity contribution in [1.29, 1.82) is 0 Å². The molecule has 0 unspecified atom stereocenters. The molecule has 0 radical (unpaired) electrons. The maximum atomic E-state index is 12.1. The normalized spacial score (nSPS) is 18.1. The molecule has 26 heavy (non-hydrogen) atoms. The fourth-order valence-electron chi connectivity index (χ4n) is 3.71. The van der Waals surface area contributed by atoms with E-state index in [-0.39, 0.29) is 5.91 Å². The summed E-state index contributed by atoms with van der Waals surface area (Å²) in [5, 5.41) is 3.05. The average molecular weight is 354 g/mol. The van der Waals surface area contributed by atoms with Crippen LogP contribution in [0.5, 0.6) is 0 Å². The lowest BCUT2D eigenvalue weighted by Gasteiger charge is -2.31. The van der Waals surface area contributed by atoms with Crippen LogP contribution in [-0.4, -0.2) is 43.2 Å². The molecule has 2 heterocycles. The van der Waals surface area contributed by atoms with Gasteiger partial charge in [0, 0.05) is 37.8 Å². The lowest BCUT2D eigenvalue weighted by molar-refractivity contribution is -0.121. The van der Waals surface area contributed by atoms with Gasteiger partial charge in [-0.2, -0.15) is 0 Å². The Morgan fingerprint density at radius 3 is 2.69 bits per heavy atom. The van der Waals surface area contributed by atoms with Crippen LogP contribution >= 0.6 is 0 Å². The first-order valence-electron chi connectivity index (χ1n) is 9.95. The fraction of sp³-hybridized carbons (Fsp3) is 0.545. The molecule has 0 bridgehead atoms. The van der Waals surface area contributed by atoms with Crippen molar-refractivity contribution >= 4 is 12.1 Å². The molecule has 1 aromatic rings. The lowest BCUT2D eigenvalue weighted by atomic mass is 9.92. The van der Waals surface area contributed by atoms with Crippen LogP contribution in [0.25, 0.3) is 0 Å². The number of carbonyl (C=O) groups excluding carboxylic acids is 1. The monoisotopic (exact) mass is 353 g/mol. The SMILES string of the molecule is Cc1ccc(CCNC(=O)CCN2CCC(CC3=CCC=N3)CC2)cc1. The van der Waals surface area contributed by atoms with E-state index in [0.717, 1.165) is 51.4 Å². The third kappa shape index (κ3) is 6.10. The predicted octanol–water partition coefficient (Wildman–Crippen LogP) is 3.50. The molecule has 2 aliphatic rings. The topological polar surface area (TPSA) is 44.7 Å². The number of carbonyl (C=O) groups is 1. The number of hydrogen-bond donors (Lipinski definition) is 1. The minimum Gasteiger partial charge on any atom is -0.356 e. The van der Waals surface area contributed by atoms with Gasteiger partial charge in [-0.1, -0.05) is 35.9 Å². The fourth-order valence-corrected chi connectivity index (χ4v) is 3.71. The van der Waals surface area contributed by atoms with Gasteiger partial charge < -0.3 is 10.2 Å². The maximum Gasteiger partial charge on any atom is 0.221 e. The molecule has 140 valence electrons. The van der Waals surface area contributed by atoms with Crippen LogP contribution in [0.15, 0.2) is 41.0 Å². The molecule has 3 rings (SSSR count). The van der Waals surface area contributed by atoms with Crippen LogP contribution in [-0.2, 0) is 11.2 Å². The van der Waals surface area contributed by atoms with Gasteiger partial charge >= 0.3 is 0 Å². The maximum absolute atomic E-state index is 12.1. The van der Waals surface area contributed by atoms with E-state index in [4.69, 9.17) is 0 Å². The van der Waals surface area contributed by atoms with Crippen molar-refractivity contribution in [3.63, 3.8) is 0 Å². The zero-order chi connectivity index (χ0) is 18.2. The summed E-state index contributed by atoms with van der Waals surface area (Å²) in [6.45, 7) is 5.91. The Hall–Kier alpha value is -1.94. The van der Waals surface area contributed by atoms with E-state index in [1.165, 1.54) is 29.7 Å². The van der Waals surface area contributed by atoms with Crippen molar-refractivity contribution < 1.29 is 4.79 Å². The number of nitrogens with zero attached hydrogens (tertiary/aromatic N) is 2. The molecule has 0 spiro atoms. The Balaban J connectivity index is 1.26. The smallest absolute Gasteiger partial charge is 0.221 e. The molecule has 1 fully saturated rings. The van der Waals surface area contributed by atoms with Crippen LogP contribution in [0.2, 0.25) is 0 Å². The lowest BCUT2D eigenvalue weighted by Crippen LogP contribution is -2.37. The summed E-state index contributed by atoms with van der Waals surface area (Å²) in [4.78, 5) is 18.9. The number of likely N-dealkylation sites (tertiary alicyclic amines) is 1. The number of amides is 1. The Morgan fingerprint density at radius 2 is 2.00 bits per heavy atom. The zero-order valence-corrected chi connectivity index (χ0v) is 15.9. The highest BCUT2D eigenvalue weighted by atomic mass is 16.1. The van der Waals surface area contributed by atoms with E-state index < -0.39 is 0 Å². The first-order chi connectivity index (χ1) is 12.7. The molecular weight excluding hydrogens is 322 g/mol. The minimum absolute atomic E-state index is 0.171. The molecule has 0 aromatic heterocycles. The number of aryl methyl sites for hydroxylation is 1. The molecule has 4 nitrogen and oxygen atoms in total. The molecular formula is C22H31N3O. The van der Waals surface area contributed by atoms with Gasteiger partial charge in [-0.25, -0.2) is 0 Å². The number of rotatable bonds is 8. The van der Waals surface area contributed by atoms with Crippen LogP contribution in [0.3, 0.4) is 0 Å². The highest BCUT2D eigenvalue weighted by Gasteiger charge is 2.20. The third-order valence-electron chi connectivity index (χ3n) is 5.43. The van der Waals surface area contributed by atoms with Gasteiger partial charge in [0.15, 0.2) is 0 Å². The van der Waals surface area contributed by atoms with E-state index in [9.17, 15) is 4.79 Å². The van der Waals surface area contributed by atoms with Gasteiger partial charge in [0.2, 0.25) is 5.91 Å². The summed E-state index contributed by atoms with van der Waals surface area (Å²) in [6.07, 6.45) is 10.3. The third-order valence-corrected chi connectivity index (χ3v) is 5.43. The second-order valence-electron chi connectivity index (χ2n) is 7.57. The largest absolute Gasteiger partial charge is 0.356 e. The molecule has 0 saturated carbocycles. The summed E-state index contributed by atoms with van der Waals surface area (Å²) in [5.74, 6) is 0.931. The van der Waals surface area contributed by atoms with Crippen molar-refractivity contribution in [2.45, 2.75) is 45.4 Å². The molecule has 1 aromatic carbocycles. The zero-order valence-electron chi connectivity index (χ0n) is 15.9. The summed E-state index contributed by atoms with van der Waals surface area (Å²) < 4.78 is 0. The van der Waals surface area contributed by atoms with Crippen LogP contribution in [0.4, 0.5) is 0 Å². The molecule has 0 aliphatic carbocycles. The van der Waals surface area contributed by atoms with Gasteiger partial charge in [-0.3, -0.25) is 9.79 Å². The summed E-state index contributed by atoms with van der Waals surface area (Å²) >= 11 is 0. The number of hydrogen-bond acceptors (Lipinski definition) is 3. The van der Waals surface area contributed by atoms with Crippen molar-refractivity contribution in [1.82, 2.24) is 10.2 Å². The minimum atomic E-state index is 0.171. The Bertz CT molecular complexity index is 640. The molecule has 2 aliphatic heterocycles. The van der Waals surface area contributed by atoms with Gasteiger partial charge in [0.25, 0.3) is 0 Å². The van der Waals surface area contributed by atoms with Crippen LogP contribution in [0.1, 0.15) is 43.2 Å². The number of nitrogens with one attached hydrogen (secondary N) is 1. The quantitative estimate of drug-likeness (QED) is 0.777. The average Bonchev–Trinajstić information content (AvgIpc) is 3.16.